The molecular weight excluding hydrogens is 310 g/mol. The molecule has 2 aromatic carbocycles. The van der Waals surface area contributed by atoms with Gasteiger partial charge in [-0.2, -0.15) is 0 Å². The van der Waals surface area contributed by atoms with E-state index < -0.39 is 0 Å². The third kappa shape index (κ3) is 3.29. The molecular formula is C21H19N3O. The number of benzene rings is 2. The molecule has 1 aromatic heterocycles. The van der Waals surface area contributed by atoms with E-state index in [9.17, 15) is 4.79 Å². The summed E-state index contributed by atoms with van der Waals surface area (Å²) < 4.78 is 0. The van der Waals surface area contributed by atoms with E-state index in [2.05, 4.69) is 52.4 Å². The van der Waals surface area contributed by atoms with Crippen LogP contribution in [0.1, 0.15) is 28.2 Å². The van der Waals surface area contributed by atoms with Crippen molar-refractivity contribution in [1.82, 2.24) is 14.9 Å². The number of fused-ring (bicyclic) bond motifs is 1. The average molecular weight is 329 g/mol. The lowest BCUT2D eigenvalue weighted by atomic mass is 9.84. The minimum absolute atomic E-state index is 0.116. The maximum absolute atomic E-state index is 12.8. The second kappa shape index (κ2) is 6.85. The Morgan fingerprint density at radius 1 is 1.00 bits per heavy atom. The van der Waals surface area contributed by atoms with Gasteiger partial charge in [0, 0.05) is 31.4 Å². The molecule has 0 bridgehead atoms. The molecule has 0 N–H and O–H groups in total. The van der Waals surface area contributed by atoms with Crippen molar-refractivity contribution in [2.45, 2.75) is 18.9 Å². The van der Waals surface area contributed by atoms with Crippen molar-refractivity contribution >= 4 is 5.91 Å². The first kappa shape index (κ1) is 15.5. The zero-order valence-corrected chi connectivity index (χ0v) is 13.9. The van der Waals surface area contributed by atoms with Gasteiger partial charge in [-0.3, -0.25) is 4.79 Å². The molecule has 4 rings (SSSR count). The number of hydrogen-bond acceptors (Lipinski definition) is 3. The van der Waals surface area contributed by atoms with E-state index >= 15 is 0 Å². The monoisotopic (exact) mass is 329 g/mol. The molecule has 4 nitrogen and oxygen atoms in total. The summed E-state index contributed by atoms with van der Waals surface area (Å²) in [5, 5.41) is 0. The van der Waals surface area contributed by atoms with Crippen molar-refractivity contribution in [2.75, 3.05) is 6.54 Å². The molecule has 0 spiro atoms. The molecule has 0 unspecified atom stereocenters. The summed E-state index contributed by atoms with van der Waals surface area (Å²) in [6, 6.07) is 18.8. The molecule has 0 aliphatic carbocycles. The molecule has 25 heavy (non-hydrogen) atoms. The molecule has 1 atom stereocenters. The maximum Gasteiger partial charge on any atom is 0.227 e. The minimum Gasteiger partial charge on any atom is -0.337 e. The number of nitrogens with zero attached hydrogens (tertiary/aromatic N) is 3. The first-order chi connectivity index (χ1) is 12.3. The van der Waals surface area contributed by atoms with Crippen LogP contribution in [0.25, 0.3) is 0 Å². The molecule has 2 heterocycles. The van der Waals surface area contributed by atoms with Gasteiger partial charge >= 0.3 is 0 Å². The average Bonchev–Trinajstić information content (AvgIpc) is 2.68. The van der Waals surface area contributed by atoms with E-state index in [1.807, 2.05) is 17.0 Å². The second-order valence-electron chi connectivity index (χ2n) is 6.36. The highest BCUT2D eigenvalue weighted by atomic mass is 16.2. The molecule has 1 aliphatic rings. The summed E-state index contributed by atoms with van der Waals surface area (Å²) in [5.41, 5.74) is 4.64. The molecule has 124 valence electrons. The van der Waals surface area contributed by atoms with Crippen molar-refractivity contribution in [1.29, 1.82) is 0 Å². The van der Waals surface area contributed by atoms with Gasteiger partial charge in [0.2, 0.25) is 5.91 Å². The van der Waals surface area contributed by atoms with Crippen molar-refractivity contribution in [3.63, 3.8) is 0 Å². The summed E-state index contributed by atoms with van der Waals surface area (Å²) >= 11 is 0. The Balaban J connectivity index is 1.62. The van der Waals surface area contributed by atoms with Gasteiger partial charge in [-0.25, -0.2) is 9.97 Å². The Hall–Kier alpha value is -3.01. The van der Waals surface area contributed by atoms with Crippen LogP contribution in [0.5, 0.6) is 0 Å². The Kier molecular flexibility index (Phi) is 4.25. The van der Waals surface area contributed by atoms with Gasteiger partial charge in [-0.15, -0.1) is 0 Å². The van der Waals surface area contributed by atoms with Gasteiger partial charge in [-0.05, 0) is 22.3 Å². The van der Waals surface area contributed by atoms with E-state index in [1.165, 1.54) is 23.0 Å². The maximum atomic E-state index is 12.8. The van der Waals surface area contributed by atoms with Gasteiger partial charge in [-0.1, -0.05) is 54.6 Å². The standard InChI is InChI=1S/C21H19N3O/c25-21(10-16-11-22-15-23-12-16)24-13-18-8-4-5-9-19(18)20(14-24)17-6-2-1-3-7-17/h1-9,11-12,15,20H,10,13-14H2/t20-/m1/s1. The Morgan fingerprint density at radius 3 is 2.52 bits per heavy atom. The topological polar surface area (TPSA) is 46.1 Å². The van der Waals surface area contributed by atoms with Crippen LogP contribution in [-0.2, 0) is 17.8 Å². The normalized spacial score (nSPS) is 16.3. The van der Waals surface area contributed by atoms with Gasteiger partial charge in [0.15, 0.2) is 0 Å². The van der Waals surface area contributed by atoms with Crippen LogP contribution in [0.4, 0.5) is 0 Å². The van der Waals surface area contributed by atoms with E-state index in [4.69, 9.17) is 0 Å². The molecule has 0 saturated heterocycles. The Morgan fingerprint density at radius 2 is 1.72 bits per heavy atom. The third-order valence-electron chi connectivity index (χ3n) is 4.72. The van der Waals surface area contributed by atoms with Crippen LogP contribution >= 0.6 is 0 Å². The van der Waals surface area contributed by atoms with E-state index in [0.717, 1.165) is 5.56 Å². The highest BCUT2D eigenvalue weighted by Gasteiger charge is 2.28. The highest BCUT2D eigenvalue weighted by Crippen LogP contribution is 2.33. The van der Waals surface area contributed by atoms with Crippen LogP contribution in [0, 0.1) is 0 Å². The largest absolute Gasteiger partial charge is 0.337 e. The fourth-order valence-electron chi connectivity index (χ4n) is 3.48. The quantitative estimate of drug-likeness (QED) is 0.741. The van der Waals surface area contributed by atoms with E-state index in [1.54, 1.807) is 12.4 Å². The number of rotatable bonds is 3. The van der Waals surface area contributed by atoms with Gasteiger partial charge in [0.25, 0.3) is 0 Å². The summed E-state index contributed by atoms with van der Waals surface area (Å²) in [4.78, 5) is 22.8. The molecule has 0 saturated carbocycles. The lowest BCUT2D eigenvalue weighted by molar-refractivity contribution is -0.131. The minimum atomic E-state index is 0.116. The lowest BCUT2D eigenvalue weighted by Gasteiger charge is -2.35. The van der Waals surface area contributed by atoms with Crippen LogP contribution in [0.15, 0.2) is 73.3 Å². The number of carbonyl (C=O) groups excluding carboxylic acids is 1. The molecule has 1 amide bonds. The zero-order valence-electron chi connectivity index (χ0n) is 13.9. The number of hydrogen-bond donors (Lipinski definition) is 0. The lowest BCUT2D eigenvalue weighted by Crippen LogP contribution is -2.39. The van der Waals surface area contributed by atoms with E-state index in [0.29, 0.717) is 19.5 Å². The Labute approximate surface area is 147 Å². The Bertz CT molecular complexity index is 865. The molecule has 1 aliphatic heterocycles. The summed E-state index contributed by atoms with van der Waals surface area (Å²) in [5.74, 6) is 0.326. The number of aromatic nitrogens is 2. The predicted octanol–water partition coefficient (Wildman–Crippen LogP) is 3.19. The van der Waals surface area contributed by atoms with Crippen molar-refractivity contribution < 1.29 is 4.79 Å². The summed E-state index contributed by atoms with van der Waals surface area (Å²) in [7, 11) is 0. The van der Waals surface area contributed by atoms with E-state index in [-0.39, 0.29) is 11.8 Å². The van der Waals surface area contributed by atoms with Crippen LogP contribution in [0.2, 0.25) is 0 Å². The van der Waals surface area contributed by atoms with Crippen LogP contribution in [0.3, 0.4) is 0 Å². The van der Waals surface area contributed by atoms with Crippen molar-refractivity contribution in [2.24, 2.45) is 0 Å². The number of carbonyl (C=O) groups is 1. The summed E-state index contributed by atoms with van der Waals surface area (Å²) in [6.45, 7) is 1.36. The fourth-order valence-corrected chi connectivity index (χ4v) is 3.48. The highest BCUT2D eigenvalue weighted by molar-refractivity contribution is 5.79. The summed E-state index contributed by atoms with van der Waals surface area (Å²) in [6.07, 6.45) is 5.23. The first-order valence-corrected chi connectivity index (χ1v) is 8.45. The predicted molar refractivity (Wildman–Crippen MR) is 95.9 cm³/mol. The fraction of sp³-hybridized carbons (Fsp3) is 0.190. The van der Waals surface area contributed by atoms with Crippen LogP contribution in [-0.4, -0.2) is 27.3 Å². The molecule has 0 fully saturated rings. The zero-order chi connectivity index (χ0) is 17.1. The number of amides is 1. The van der Waals surface area contributed by atoms with Crippen molar-refractivity contribution in [3.05, 3.63) is 95.6 Å². The smallest absolute Gasteiger partial charge is 0.227 e. The van der Waals surface area contributed by atoms with Gasteiger partial charge in [0.1, 0.15) is 6.33 Å². The molecule has 4 heteroatoms. The van der Waals surface area contributed by atoms with Gasteiger partial charge < -0.3 is 4.90 Å². The van der Waals surface area contributed by atoms with Crippen LogP contribution < -0.4 is 0 Å². The molecule has 3 aromatic rings. The third-order valence-corrected chi connectivity index (χ3v) is 4.72. The first-order valence-electron chi connectivity index (χ1n) is 8.45. The van der Waals surface area contributed by atoms with Gasteiger partial charge in [0.05, 0.1) is 6.42 Å². The molecule has 0 radical (unpaired) electrons. The second-order valence-corrected chi connectivity index (χ2v) is 6.36. The van der Waals surface area contributed by atoms with Crippen molar-refractivity contribution in [3.8, 4) is 0 Å². The SMILES string of the molecule is O=C(Cc1cncnc1)N1Cc2ccccc2[C@@H](c2ccccc2)C1.